The Labute approximate surface area is 117 Å². The maximum absolute atomic E-state index is 13.4. The highest BCUT2D eigenvalue weighted by atomic mass is 35.5. The second kappa shape index (κ2) is 5.00. The molecular formula is C14H18ClFN2O. The Morgan fingerprint density at radius 2 is 2.05 bits per heavy atom. The number of anilines is 2. The van der Waals surface area contributed by atoms with Gasteiger partial charge in [-0.2, -0.15) is 0 Å². The van der Waals surface area contributed by atoms with Crippen molar-refractivity contribution in [3.05, 3.63) is 23.0 Å². The van der Waals surface area contributed by atoms with Gasteiger partial charge in [0.05, 0.1) is 22.3 Å². The van der Waals surface area contributed by atoms with E-state index in [1.165, 1.54) is 12.1 Å². The van der Waals surface area contributed by atoms with E-state index < -0.39 is 5.82 Å². The van der Waals surface area contributed by atoms with Crippen LogP contribution in [-0.4, -0.2) is 12.5 Å². The van der Waals surface area contributed by atoms with E-state index in [-0.39, 0.29) is 22.3 Å². The zero-order valence-electron chi connectivity index (χ0n) is 11.3. The monoisotopic (exact) mass is 284 g/mol. The minimum Gasteiger partial charge on any atom is -0.382 e. The molecule has 3 nitrogen and oxygen atoms in total. The minimum absolute atomic E-state index is 0.00937. The second-order valence-electron chi connectivity index (χ2n) is 6.14. The van der Waals surface area contributed by atoms with Crippen molar-refractivity contribution >= 4 is 28.9 Å². The summed E-state index contributed by atoms with van der Waals surface area (Å²) in [5, 5.41) is 5.93. The molecule has 5 heteroatoms. The van der Waals surface area contributed by atoms with Crippen LogP contribution in [0.5, 0.6) is 0 Å². The SMILES string of the molecule is CC(C)(C)CC1CNc2cc(F)c(Cl)cc2NC1=O. The van der Waals surface area contributed by atoms with Crippen LogP contribution in [0, 0.1) is 17.2 Å². The molecule has 0 fully saturated rings. The molecule has 19 heavy (non-hydrogen) atoms. The van der Waals surface area contributed by atoms with Gasteiger partial charge in [-0.15, -0.1) is 0 Å². The molecule has 2 rings (SSSR count). The van der Waals surface area contributed by atoms with E-state index in [9.17, 15) is 9.18 Å². The highest BCUT2D eigenvalue weighted by Crippen LogP contribution is 2.33. The van der Waals surface area contributed by atoms with Crippen LogP contribution in [0.25, 0.3) is 0 Å². The third-order valence-electron chi connectivity index (χ3n) is 3.09. The number of fused-ring (bicyclic) bond motifs is 1. The van der Waals surface area contributed by atoms with Gasteiger partial charge in [-0.25, -0.2) is 4.39 Å². The molecule has 1 aromatic carbocycles. The van der Waals surface area contributed by atoms with Crippen LogP contribution >= 0.6 is 11.6 Å². The van der Waals surface area contributed by atoms with Crippen molar-refractivity contribution in [1.29, 1.82) is 0 Å². The van der Waals surface area contributed by atoms with Gasteiger partial charge in [-0.1, -0.05) is 32.4 Å². The van der Waals surface area contributed by atoms with E-state index in [1.54, 1.807) is 0 Å². The van der Waals surface area contributed by atoms with Crippen molar-refractivity contribution in [1.82, 2.24) is 0 Å². The van der Waals surface area contributed by atoms with Crippen LogP contribution in [0.3, 0.4) is 0 Å². The van der Waals surface area contributed by atoms with Gasteiger partial charge in [0.1, 0.15) is 5.82 Å². The third-order valence-corrected chi connectivity index (χ3v) is 3.38. The minimum atomic E-state index is -0.489. The Bertz CT molecular complexity index is 511. The number of benzene rings is 1. The number of halogens is 2. The molecule has 0 aromatic heterocycles. The van der Waals surface area contributed by atoms with Crippen molar-refractivity contribution in [2.75, 3.05) is 17.2 Å². The maximum atomic E-state index is 13.4. The molecule has 0 spiro atoms. The third kappa shape index (κ3) is 3.38. The van der Waals surface area contributed by atoms with Crippen LogP contribution in [0.15, 0.2) is 12.1 Å². The van der Waals surface area contributed by atoms with Gasteiger partial charge in [0, 0.05) is 12.6 Å². The highest BCUT2D eigenvalue weighted by molar-refractivity contribution is 6.31. The average Bonchev–Trinajstić information content (AvgIpc) is 2.40. The molecule has 0 bridgehead atoms. The van der Waals surface area contributed by atoms with E-state index in [4.69, 9.17) is 11.6 Å². The van der Waals surface area contributed by atoms with Crippen LogP contribution in [-0.2, 0) is 4.79 Å². The Hall–Kier alpha value is -1.29. The zero-order valence-corrected chi connectivity index (χ0v) is 12.1. The summed E-state index contributed by atoms with van der Waals surface area (Å²) in [6.07, 6.45) is 0.760. The van der Waals surface area contributed by atoms with Crippen molar-refractivity contribution in [2.45, 2.75) is 27.2 Å². The molecule has 1 amide bonds. The first-order valence-electron chi connectivity index (χ1n) is 6.30. The molecule has 1 aliphatic rings. The number of rotatable bonds is 1. The van der Waals surface area contributed by atoms with Crippen molar-refractivity contribution in [3.63, 3.8) is 0 Å². The number of nitrogens with one attached hydrogen (secondary N) is 2. The maximum Gasteiger partial charge on any atom is 0.229 e. The fourth-order valence-corrected chi connectivity index (χ4v) is 2.42. The standard InChI is InChI=1S/C14H18ClFN2O/c1-14(2,3)6-8-7-17-11-5-10(16)9(15)4-12(11)18-13(8)19/h4-5,8,17H,6-7H2,1-3H3,(H,18,19). The van der Waals surface area contributed by atoms with Crippen LogP contribution in [0.4, 0.5) is 15.8 Å². The summed E-state index contributed by atoms with van der Waals surface area (Å²) in [5.74, 6) is -0.686. The molecule has 1 atom stereocenters. The molecule has 0 saturated carbocycles. The second-order valence-corrected chi connectivity index (χ2v) is 6.55. The summed E-state index contributed by atoms with van der Waals surface area (Å²) >= 11 is 5.74. The van der Waals surface area contributed by atoms with Crippen molar-refractivity contribution in [3.8, 4) is 0 Å². The van der Waals surface area contributed by atoms with Gasteiger partial charge < -0.3 is 10.6 Å². The summed E-state index contributed by atoms with van der Waals surface area (Å²) in [6, 6.07) is 2.76. The van der Waals surface area contributed by atoms with E-state index in [1.807, 2.05) is 0 Å². The normalized spacial score (nSPS) is 19.2. The van der Waals surface area contributed by atoms with E-state index in [0.717, 1.165) is 6.42 Å². The summed E-state index contributed by atoms with van der Waals surface area (Å²) in [7, 11) is 0. The summed E-state index contributed by atoms with van der Waals surface area (Å²) in [4.78, 5) is 12.2. The summed E-state index contributed by atoms with van der Waals surface area (Å²) < 4.78 is 13.4. The first-order valence-corrected chi connectivity index (χ1v) is 6.68. The lowest BCUT2D eigenvalue weighted by Gasteiger charge is -2.23. The molecule has 1 unspecified atom stereocenters. The highest BCUT2D eigenvalue weighted by Gasteiger charge is 2.28. The number of hydrogen-bond acceptors (Lipinski definition) is 2. The molecule has 104 valence electrons. The first kappa shape index (κ1) is 14.1. The molecular weight excluding hydrogens is 267 g/mol. The van der Waals surface area contributed by atoms with Crippen LogP contribution in [0.1, 0.15) is 27.2 Å². The number of hydrogen-bond donors (Lipinski definition) is 2. The molecule has 1 aliphatic heterocycles. The van der Waals surface area contributed by atoms with Crippen LogP contribution < -0.4 is 10.6 Å². The molecule has 0 saturated heterocycles. The van der Waals surface area contributed by atoms with Gasteiger partial charge in [0.2, 0.25) is 5.91 Å². The van der Waals surface area contributed by atoms with E-state index in [0.29, 0.717) is 17.9 Å². The van der Waals surface area contributed by atoms with E-state index >= 15 is 0 Å². The largest absolute Gasteiger partial charge is 0.382 e. The van der Waals surface area contributed by atoms with Crippen molar-refractivity contribution in [2.24, 2.45) is 11.3 Å². The Morgan fingerprint density at radius 1 is 1.37 bits per heavy atom. The summed E-state index contributed by atoms with van der Waals surface area (Å²) in [6.45, 7) is 6.77. The van der Waals surface area contributed by atoms with Crippen LogP contribution in [0.2, 0.25) is 5.02 Å². The quantitative estimate of drug-likeness (QED) is 0.821. The Balaban J connectivity index is 2.24. The molecule has 1 heterocycles. The molecule has 0 aliphatic carbocycles. The lowest BCUT2D eigenvalue weighted by atomic mass is 9.84. The predicted molar refractivity (Wildman–Crippen MR) is 76.1 cm³/mol. The topological polar surface area (TPSA) is 41.1 Å². The van der Waals surface area contributed by atoms with Gasteiger partial charge in [0.15, 0.2) is 0 Å². The fraction of sp³-hybridized carbons (Fsp3) is 0.500. The Morgan fingerprint density at radius 3 is 2.68 bits per heavy atom. The average molecular weight is 285 g/mol. The Kier molecular flexibility index (Phi) is 3.72. The number of amides is 1. The van der Waals surface area contributed by atoms with Gasteiger partial charge in [0.25, 0.3) is 0 Å². The number of carbonyl (C=O) groups excluding carboxylic acids is 1. The van der Waals surface area contributed by atoms with E-state index in [2.05, 4.69) is 31.4 Å². The zero-order chi connectivity index (χ0) is 14.2. The van der Waals surface area contributed by atoms with Crippen molar-refractivity contribution < 1.29 is 9.18 Å². The smallest absolute Gasteiger partial charge is 0.229 e. The lowest BCUT2D eigenvalue weighted by molar-refractivity contribution is -0.120. The molecule has 2 N–H and O–H groups in total. The molecule has 0 radical (unpaired) electrons. The van der Waals surface area contributed by atoms with Gasteiger partial charge >= 0.3 is 0 Å². The fourth-order valence-electron chi connectivity index (χ4n) is 2.26. The summed E-state index contributed by atoms with van der Waals surface area (Å²) in [5.41, 5.74) is 1.17. The molecule has 1 aromatic rings. The van der Waals surface area contributed by atoms with Gasteiger partial charge in [-0.05, 0) is 17.9 Å². The predicted octanol–water partition coefficient (Wildman–Crippen LogP) is 3.90. The first-order chi connectivity index (χ1) is 8.76. The lowest BCUT2D eigenvalue weighted by Crippen LogP contribution is -2.29. The number of carbonyl (C=O) groups is 1. The van der Waals surface area contributed by atoms with Gasteiger partial charge in [-0.3, -0.25) is 4.79 Å².